The van der Waals surface area contributed by atoms with Crippen LogP contribution in [-0.4, -0.2) is 34.8 Å². The fourth-order valence-electron chi connectivity index (χ4n) is 3.77. The van der Waals surface area contributed by atoms with E-state index in [9.17, 15) is 9.59 Å². The zero-order chi connectivity index (χ0) is 19.5. The van der Waals surface area contributed by atoms with Gasteiger partial charge in [-0.25, -0.2) is 0 Å². The lowest BCUT2D eigenvalue weighted by atomic mass is 9.95. The largest absolute Gasteiger partial charge is 0.339 e. The minimum atomic E-state index is -0.0973. The highest BCUT2D eigenvalue weighted by molar-refractivity contribution is 6.01. The maximum absolute atomic E-state index is 12.8. The molecule has 0 saturated carbocycles. The third kappa shape index (κ3) is 3.60. The average Bonchev–Trinajstić information content (AvgIpc) is 2.74. The van der Waals surface area contributed by atoms with Crippen LogP contribution < -0.4 is 5.32 Å². The van der Waals surface area contributed by atoms with Gasteiger partial charge in [-0.1, -0.05) is 36.4 Å². The molecule has 1 N–H and O–H groups in total. The van der Waals surface area contributed by atoms with E-state index >= 15 is 0 Å². The molecule has 1 fully saturated rings. The second kappa shape index (κ2) is 7.80. The third-order valence-electron chi connectivity index (χ3n) is 5.42. The number of aromatic nitrogens is 1. The van der Waals surface area contributed by atoms with Crippen LogP contribution in [0.2, 0.25) is 0 Å². The lowest BCUT2D eigenvalue weighted by Crippen LogP contribution is -2.41. The number of amides is 2. The van der Waals surface area contributed by atoms with Crippen molar-refractivity contribution in [2.75, 3.05) is 18.4 Å². The summed E-state index contributed by atoms with van der Waals surface area (Å²) in [5.41, 5.74) is 3.26. The summed E-state index contributed by atoms with van der Waals surface area (Å²) in [4.78, 5) is 31.8. The monoisotopic (exact) mass is 373 g/mol. The number of carbonyl (C=O) groups is 2. The number of hydrogen-bond acceptors (Lipinski definition) is 3. The van der Waals surface area contributed by atoms with Gasteiger partial charge < -0.3 is 10.2 Å². The Labute approximate surface area is 164 Å². The van der Waals surface area contributed by atoms with Crippen LogP contribution in [0.3, 0.4) is 0 Å². The zero-order valence-electron chi connectivity index (χ0n) is 15.9. The molecule has 1 aliphatic rings. The minimum Gasteiger partial charge on any atom is -0.339 e. The smallest absolute Gasteiger partial charge is 0.254 e. The van der Waals surface area contributed by atoms with E-state index in [1.807, 2.05) is 66.4 Å². The summed E-state index contributed by atoms with van der Waals surface area (Å²) >= 11 is 0. The first kappa shape index (κ1) is 18.2. The van der Waals surface area contributed by atoms with Gasteiger partial charge in [0.1, 0.15) is 0 Å². The number of rotatable bonds is 3. The van der Waals surface area contributed by atoms with Gasteiger partial charge in [0.25, 0.3) is 5.91 Å². The van der Waals surface area contributed by atoms with Crippen molar-refractivity contribution in [2.45, 2.75) is 19.8 Å². The number of pyridine rings is 1. The molecule has 2 heterocycles. The molecule has 1 saturated heterocycles. The lowest BCUT2D eigenvalue weighted by Gasteiger charge is -2.31. The fourth-order valence-corrected chi connectivity index (χ4v) is 3.77. The molecule has 5 heteroatoms. The van der Waals surface area contributed by atoms with Crippen molar-refractivity contribution >= 4 is 28.4 Å². The van der Waals surface area contributed by atoms with E-state index < -0.39 is 0 Å². The quantitative estimate of drug-likeness (QED) is 0.754. The number of para-hydroxylation sites is 1. The summed E-state index contributed by atoms with van der Waals surface area (Å²) in [5.74, 6) is -0.0451. The Morgan fingerprint density at radius 2 is 1.75 bits per heavy atom. The number of fused-ring (bicyclic) bond motifs is 1. The van der Waals surface area contributed by atoms with Gasteiger partial charge in [-0.3, -0.25) is 14.6 Å². The maximum atomic E-state index is 12.8. The van der Waals surface area contributed by atoms with Crippen LogP contribution >= 0.6 is 0 Å². The van der Waals surface area contributed by atoms with E-state index in [-0.39, 0.29) is 17.7 Å². The van der Waals surface area contributed by atoms with Gasteiger partial charge in [0.05, 0.1) is 11.2 Å². The van der Waals surface area contributed by atoms with Crippen LogP contribution in [0, 0.1) is 12.8 Å². The number of piperidine rings is 1. The Hall–Kier alpha value is -3.21. The van der Waals surface area contributed by atoms with Crippen LogP contribution in [0.1, 0.15) is 28.8 Å². The Balaban J connectivity index is 1.40. The standard InChI is InChI=1S/C23H23N3O2/c1-16-6-2-3-9-19(16)23(28)26-14-11-18(12-15-26)22(27)25-20-10-4-7-17-8-5-13-24-21(17)20/h2-10,13,18H,11-12,14-15H2,1H3,(H,25,27). The summed E-state index contributed by atoms with van der Waals surface area (Å²) in [6.45, 7) is 3.14. The van der Waals surface area contributed by atoms with Crippen LogP contribution in [0.5, 0.6) is 0 Å². The number of carbonyl (C=O) groups excluding carboxylic acids is 2. The highest BCUT2D eigenvalue weighted by atomic mass is 16.2. The molecule has 142 valence electrons. The van der Waals surface area contributed by atoms with Gasteiger partial charge in [-0.15, -0.1) is 0 Å². The second-order valence-electron chi connectivity index (χ2n) is 7.25. The first-order valence-corrected chi connectivity index (χ1v) is 9.63. The predicted molar refractivity (Wildman–Crippen MR) is 110 cm³/mol. The summed E-state index contributed by atoms with van der Waals surface area (Å²) < 4.78 is 0. The summed E-state index contributed by atoms with van der Waals surface area (Å²) in [6.07, 6.45) is 3.07. The van der Waals surface area contributed by atoms with Crippen LogP contribution in [0.25, 0.3) is 10.9 Å². The van der Waals surface area contributed by atoms with Crippen molar-refractivity contribution in [2.24, 2.45) is 5.92 Å². The van der Waals surface area contributed by atoms with E-state index in [0.29, 0.717) is 25.9 Å². The molecule has 4 rings (SSSR count). The molecule has 0 aliphatic carbocycles. The van der Waals surface area contributed by atoms with E-state index in [4.69, 9.17) is 0 Å². The third-order valence-corrected chi connectivity index (χ3v) is 5.42. The Morgan fingerprint density at radius 1 is 1.00 bits per heavy atom. The van der Waals surface area contributed by atoms with Crippen LogP contribution in [0.4, 0.5) is 5.69 Å². The molecule has 3 aromatic rings. The zero-order valence-corrected chi connectivity index (χ0v) is 15.9. The summed E-state index contributed by atoms with van der Waals surface area (Å²) in [7, 11) is 0. The summed E-state index contributed by atoms with van der Waals surface area (Å²) in [6, 6.07) is 17.3. The van der Waals surface area contributed by atoms with Crippen molar-refractivity contribution in [1.29, 1.82) is 0 Å². The number of nitrogens with one attached hydrogen (secondary N) is 1. The SMILES string of the molecule is Cc1ccccc1C(=O)N1CCC(C(=O)Nc2cccc3cccnc23)CC1. The van der Waals surface area contributed by atoms with Crippen molar-refractivity contribution in [3.63, 3.8) is 0 Å². The van der Waals surface area contributed by atoms with E-state index in [1.54, 1.807) is 6.20 Å². The van der Waals surface area contributed by atoms with Crippen LogP contribution in [0.15, 0.2) is 60.8 Å². The first-order valence-electron chi connectivity index (χ1n) is 9.63. The summed E-state index contributed by atoms with van der Waals surface area (Å²) in [5, 5.41) is 4.03. The molecule has 5 nitrogen and oxygen atoms in total. The van der Waals surface area contributed by atoms with E-state index in [1.165, 1.54) is 0 Å². The molecule has 0 bridgehead atoms. The lowest BCUT2D eigenvalue weighted by molar-refractivity contribution is -0.121. The predicted octanol–water partition coefficient (Wildman–Crippen LogP) is 4.03. The number of nitrogens with zero attached hydrogens (tertiary/aromatic N) is 2. The van der Waals surface area contributed by atoms with Crippen molar-refractivity contribution < 1.29 is 9.59 Å². The molecule has 28 heavy (non-hydrogen) atoms. The van der Waals surface area contributed by atoms with Gasteiger partial charge in [-0.05, 0) is 43.5 Å². The highest BCUT2D eigenvalue weighted by Crippen LogP contribution is 2.25. The second-order valence-corrected chi connectivity index (χ2v) is 7.25. The fraction of sp³-hybridized carbons (Fsp3) is 0.261. The first-order chi connectivity index (χ1) is 13.6. The number of aryl methyl sites for hydroxylation is 1. The number of anilines is 1. The Kier molecular flexibility index (Phi) is 5.06. The highest BCUT2D eigenvalue weighted by Gasteiger charge is 2.28. The van der Waals surface area contributed by atoms with Gasteiger partial charge in [0.15, 0.2) is 0 Å². The number of likely N-dealkylation sites (tertiary alicyclic amines) is 1. The van der Waals surface area contributed by atoms with E-state index in [0.717, 1.165) is 27.7 Å². The molecule has 2 amide bonds. The number of hydrogen-bond donors (Lipinski definition) is 1. The molecular weight excluding hydrogens is 350 g/mol. The number of benzene rings is 2. The molecule has 1 aliphatic heterocycles. The van der Waals surface area contributed by atoms with Gasteiger partial charge in [0, 0.05) is 36.2 Å². The van der Waals surface area contributed by atoms with Gasteiger partial charge in [-0.2, -0.15) is 0 Å². The topological polar surface area (TPSA) is 62.3 Å². The van der Waals surface area contributed by atoms with Crippen molar-refractivity contribution in [1.82, 2.24) is 9.88 Å². The average molecular weight is 373 g/mol. The van der Waals surface area contributed by atoms with E-state index in [2.05, 4.69) is 10.3 Å². The van der Waals surface area contributed by atoms with Crippen LogP contribution in [-0.2, 0) is 4.79 Å². The van der Waals surface area contributed by atoms with Crippen molar-refractivity contribution in [3.8, 4) is 0 Å². The molecule has 0 spiro atoms. The molecular formula is C23H23N3O2. The van der Waals surface area contributed by atoms with Gasteiger partial charge >= 0.3 is 0 Å². The molecule has 1 aromatic heterocycles. The Morgan fingerprint density at radius 3 is 2.54 bits per heavy atom. The maximum Gasteiger partial charge on any atom is 0.254 e. The minimum absolute atomic E-state index is 0.00106. The van der Waals surface area contributed by atoms with Gasteiger partial charge in [0.2, 0.25) is 5.91 Å². The van der Waals surface area contributed by atoms with Crippen molar-refractivity contribution in [3.05, 3.63) is 71.9 Å². The Bertz CT molecular complexity index is 1020. The molecule has 0 unspecified atom stereocenters. The molecule has 2 aromatic carbocycles. The molecule has 0 radical (unpaired) electrons. The normalized spacial score (nSPS) is 14.8. The molecule has 0 atom stereocenters.